The van der Waals surface area contributed by atoms with Crippen molar-refractivity contribution in [3.63, 3.8) is 0 Å². The number of nitrogens with one attached hydrogen (secondary N) is 1. The zero-order chi connectivity index (χ0) is 12.7. The molecule has 1 aromatic heterocycles. The third kappa shape index (κ3) is 4.41. The predicted octanol–water partition coefficient (Wildman–Crippen LogP) is 2.08. The van der Waals surface area contributed by atoms with Crippen LogP contribution < -0.4 is 5.32 Å². The third-order valence-corrected chi connectivity index (χ3v) is 2.77. The second kappa shape index (κ2) is 6.87. The van der Waals surface area contributed by atoms with Gasteiger partial charge in [0.2, 0.25) is 0 Å². The lowest BCUT2D eigenvalue weighted by molar-refractivity contribution is 0.258. The number of aliphatic hydroxyl groups is 1. The average molecular weight is 233 g/mol. The second-order valence-corrected chi connectivity index (χ2v) is 4.16. The topological polar surface area (TPSA) is 68.9 Å². The quantitative estimate of drug-likeness (QED) is 0.789. The first kappa shape index (κ1) is 13.5. The molecule has 1 atom stereocenters. The van der Waals surface area contributed by atoms with E-state index in [0.29, 0.717) is 11.5 Å². The number of hydrogen-bond acceptors (Lipinski definition) is 4. The van der Waals surface area contributed by atoms with Crippen molar-refractivity contribution in [1.29, 1.82) is 5.26 Å². The van der Waals surface area contributed by atoms with Crippen LogP contribution in [0.4, 0.5) is 5.82 Å². The fourth-order valence-electron chi connectivity index (χ4n) is 1.71. The highest BCUT2D eigenvalue weighted by atomic mass is 16.3. The lowest BCUT2D eigenvalue weighted by Gasteiger charge is -2.15. The first-order chi connectivity index (χ1) is 8.19. The molecule has 0 aliphatic rings. The molecule has 0 saturated carbocycles. The van der Waals surface area contributed by atoms with Crippen molar-refractivity contribution < 1.29 is 5.11 Å². The van der Waals surface area contributed by atoms with Crippen LogP contribution in [0, 0.1) is 24.2 Å². The second-order valence-electron chi connectivity index (χ2n) is 4.16. The van der Waals surface area contributed by atoms with E-state index in [-0.39, 0.29) is 6.61 Å². The zero-order valence-electron chi connectivity index (χ0n) is 10.4. The van der Waals surface area contributed by atoms with Gasteiger partial charge >= 0.3 is 0 Å². The maximum Gasteiger partial charge on any atom is 0.127 e. The highest BCUT2D eigenvalue weighted by Crippen LogP contribution is 2.12. The van der Waals surface area contributed by atoms with E-state index in [1.807, 2.05) is 6.92 Å². The molecule has 0 aromatic carbocycles. The minimum absolute atomic E-state index is 0.213. The van der Waals surface area contributed by atoms with E-state index in [2.05, 4.69) is 23.3 Å². The van der Waals surface area contributed by atoms with Gasteiger partial charge in [0.05, 0.1) is 11.6 Å². The Hall–Kier alpha value is -1.60. The van der Waals surface area contributed by atoms with Crippen LogP contribution in [0.3, 0.4) is 0 Å². The van der Waals surface area contributed by atoms with Gasteiger partial charge in [-0.15, -0.1) is 0 Å². The maximum atomic E-state index is 8.90. The van der Waals surface area contributed by atoms with Crippen molar-refractivity contribution in [3.8, 4) is 6.07 Å². The highest BCUT2D eigenvalue weighted by molar-refractivity contribution is 5.44. The summed E-state index contributed by atoms with van der Waals surface area (Å²) in [5.41, 5.74) is 1.46. The van der Waals surface area contributed by atoms with Gasteiger partial charge < -0.3 is 10.4 Å². The van der Waals surface area contributed by atoms with Gasteiger partial charge in [-0.2, -0.15) is 5.26 Å². The Bertz CT molecular complexity index is 398. The van der Waals surface area contributed by atoms with Gasteiger partial charge in [-0.05, 0) is 31.4 Å². The molecule has 0 radical (unpaired) electrons. The molecule has 0 aliphatic carbocycles. The Balaban J connectivity index is 2.62. The molecule has 1 unspecified atom stereocenters. The lowest BCUT2D eigenvalue weighted by atomic mass is 10.0. The number of nitriles is 1. The van der Waals surface area contributed by atoms with E-state index in [1.54, 1.807) is 12.1 Å². The summed E-state index contributed by atoms with van der Waals surface area (Å²) >= 11 is 0. The first-order valence-electron chi connectivity index (χ1n) is 5.93. The van der Waals surface area contributed by atoms with E-state index in [1.165, 1.54) is 0 Å². The van der Waals surface area contributed by atoms with Gasteiger partial charge in [-0.3, -0.25) is 0 Å². The summed E-state index contributed by atoms with van der Waals surface area (Å²) in [6, 6.07) is 5.62. The Morgan fingerprint density at radius 1 is 1.53 bits per heavy atom. The Labute approximate surface area is 102 Å². The summed E-state index contributed by atoms with van der Waals surface area (Å²) in [6.45, 7) is 4.96. The van der Waals surface area contributed by atoms with E-state index in [0.717, 1.165) is 30.9 Å². The van der Waals surface area contributed by atoms with E-state index >= 15 is 0 Å². The molecule has 1 aromatic rings. The molecular weight excluding hydrogens is 214 g/mol. The lowest BCUT2D eigenvalue weighted by Crippen LogP contribution is -2.15. The average Bonchev–Trinajstić information content (AvgIpc) is 2.33. The van der Waals surface area contributed by atoms with Gasteiger partial charge in [-0.1, -0.05) is 13.3 Å². The van der Waals surface area contributed by atoms with Crippen molar-refractivity contribution >= 4 is 5.82 Å². The first-order valence-corrected chi connectivity index (χ1v) is 5.93. The molecule has 0 aliphatic heterocycles. The molecule has 1 heterocycles. The molecule has 0 spiro atoms. The van der Waals surface area contributed by atoms with E-state index in [9.17, 15) is 0 Å². The molecule has 0 fully saturated rings. The standard InChI is InChI=1S/C13H19N3O/c1-3-11(4-5-17)9-15-13-7-12(8-14)6-10(2)16-13/h6-7,11,17H,3-5,9H2,1-2H3,(H,15,16). The van der Waals surface area contributed by atoms with Crippen molar-refractivity contribution in [1.82, 2.24) is 4.98 Å². The predicted molar refractivity (Wildman–Crippen MR) is 67.7 cm³/mol. The number of aromatic nitrogens is 1. The Morgan fingerprint density at radius 3 is 2.88 bits per heavy atom. The molecule has 0 bridgehead atoms. The summed E-state index contributed by atoms with van der Waals surface area (Å²) in [5.74, 6) is 1.17. The fraction of sp³-hybridized carbons (Fsp3) is 0.538. The third-order valence-electron chi connectivity index (χ3n) is 2.77. The molecule has 4 heteroatoms. The van der Waals surface area contributed by atoms with Crippen LogP contribution in [-0.2, 0) is 0 Å². The van der Waals surface area contributed by atoms with Crippen molar-refractivity contribution in [2.24, 2.45) is 5.92 Å². The van der Waals surface area contributed by atoms with Crippen LogP contribution in [0.2, 0.25) is 0 Å². The van der Waals surface area contributed by atoms with E-state index < -0.39 is 0 Å². The molecule has 1 rings (SSSR count). The smallest absolute Gasteiger partial charge is 0.127 e. The number of aliphatic hydroxyl groups excluding tert-OH is 1. The van der Waals surface area contributed by atoms with Crippen LogP contribution in [0.1, 0.15) is 31.0 Å². The molecule has 0 saturated heterocycles. The summed E-state index contributed by atoms with van der Waals surface area (Å²) in [7, 11) is 0. The normalized spacial score (nSPS) is 11.9. The van der Waals surface area contributed by atoms with Gasteiger partial charge in [-0.25, -0.2) is 4.98 Å². The molecule has 2 N–H and O–H groups in total. The van der Waals surface area contributed by atoms with Crippen molar-refractivity contribution in [3.05, 3.63) is 23.4 Å². The largest absolute Gasteiger partial charge is 0.396 e. The van der Waals surface area contributed by atoms with Gasteiger partial charge in [0.15, 0.2) is 0 Å². The Morgan fingerprint density at radius 2 is 2.29 bits per heavy atom. The van der Waals surface area contributed by atoms with Gasteiger partial charge in [0.25, 0.3) is 0 Å². The summed E-state index contributed by atoms with van der Waals surface area (Å²) in [5, 5.41) is 21.0. The molecule has 92 valence electrons. The summed E-state index contributed by atoms with van der Waals surface area (Å²) in [6.07, 6.45) is 1.81. The number of hydrogen-bond donors (Lipinski definition) is 2. The van der Waals surface area contributed by atoms with Gasteiger partial charge in [0, 0.05) is 18.8 Å². The number of nitrogens with zero attached hydrogens (tertiary/aromatic N) is 2. The highest BCUT2D eigenvalue weighted by Gasteiger charge is 2.06. The number of rotatable bonds is 6. The maximum absolute atomic E-state index is 8.90. The van der Waals surface area contributed by atoms with Crippen LogP contribution in [0.5, 0.6) is 0 Å². The molecule has 4 nitrogen and oxygen atoms in total. The number of aryl methyl sites for hydroxylation is 1. The molecule has 17 heavy (non-hydrogen) atoms. The van der Waals surface area contributed by atoms with Crippen LogP contribution in [-0.4, -0.2) is 23.2 Å². The van der Waals surface area contributed by atoms with Crippen LogP contribution >= 0.6 is 0 Å². The Kier molecular flexibility index (Phi) is 5.44. The van der Waals surface area contributed by atoms with Crippen LogP contribution in [0.25, 0.3) is 0 Å². The number of pyridine rings is 1. The summed E-state index contributed by atoms with van der Waals surface area (Å²) in [4.78, 5) is 4.32. The van der Waals surface area contributed by atoms with Gasteiger partial charge in [0.1, 0.15) is 5.82 Å². The SMILES string of the molecule is CCC(CCO)CNc1cc(C#N)cc(C)n1. The molecule has 0 amide bonds. The summed E-state index contributed by atoms with van der Waals surface area (Å²) < 4.78 is 0. The monoisotopic (exact) mass is 233 g/mol. The fourth-order valence-corrected chi connectivity index (χ4v) is 1.71. The zero-order valence-corrected chi connectivity index (χ0v) is 10.4. The minimum Gasteiger partial charge on any atom is -0.396 e. The van der Waals surface area contributed by atoms with E-state index in [4.69, 9.17) is 10.4 Å². The minimum atomic E-state index is 0.213. The van der Waals surface area contributed by atoms with Crippen molar-refractivity contribution in [2.45, 2.75) is 26.7 Å². The van der Waals surface area contributed by atoms with Crippen molar-refractivity contribution in [2.75, 3.05) is 18.5 Å². The number of anilines is 1. The molecular formula is C13H19N3O. The van der Waals surface area contributed by atoms with Crippen LogP contribution in [0.15, 0.2) is 12.1 Å².